The van der Waals surface area contributed by atoms with Gasteiger partial charge in [-0.05, 0) is 37.0 Å². The highest BCUT2D eigenvalue weighted by atomic mass is 35.5. The van der Waals surface area contributed by atoms with Gasteiger partial charge in [0.1, 0.15) is 0 Å². The summed E-state index contributed by atoms with van der Waals surface area (Å²) in [5, 5.41) is 12.1. The van der Waals surface area contributed by atoms with E-state index >= 15 is 0 Å². The van der Waals surface area contributed by atoms with E-state index < -0.39 is 11.5 Å². The SMILES string of the molecule is CCCCOC(=O)N1CCN(C(=O)C(c2cccc(Cl)c2)C(O)(CCC)CCC)CC1. The van der Waals surface area contributed by atoms with Gasteiger partial charge >= 0.3 is 6.09 Å². The largest absolute Gasteiger partial charge is 0.449 e. The number of hydrogen-bond acceptors (Lipinski definition) is 4. The third-order valence-corrected chi connectivity index (χ3v) is 6.14. The molecule has 0 aromatic heterocycles. The Morgan fingerprint density at radius 1 is 1.06 bits per heavy atom. The van der Waals surface area contributed by atoms with E-state index in [1.807, 2.05) is 32.9 Å². The highest BCUT2D eigenvalue weighted by Gasteiger charge is 2.43. The molecule has 1 aliphatic heterocycles. The lowest BCUT2D eigenvalue weighted by atomic mass is 9.75. The Kier molecular flexibility index (Phi) is 10.1. The number of rotatable bonds is 10. The molecular formula is C24H37ClN2O4. The summed E-state index contributed by atoms with van der Waals surface area (Å²) in [6.45, 7) is 8.21. The van der Waals surface area contributed by atoms with Crippen LogP contribution >= 0.6 is 11.6 Å². The molecule has 1 heterocycles. The molecule has 7 heteroatoms. The van der Waals surface area contributed by atoms with Gasteiger partial charge in [0.15, 0.2) is 0 Å². The molecule has 1 aromatic carbocycles. The Hall–Kier alpha value is -1.79. The molecule has 0 aliphatic carbocycles. The number of halogens is 1. The van der Waals surface area contributed by atoms with Crippen molar-refractivity contribution < 1.29 is 19.4 Å². The minimum atomic E-state index is -1.14. The number of nitrogens with zero attached hydrogens (tertiary/aromatic N) is 2. The minimum Gasteiger partial charge on any atom is -0.449 e. The van der Waals surface area contributed by atoms with E-state index in [4.69, 9.17) is 16.3 Å². The standard InChI is InChI=1S/C24H37ClN2O4/c1-4-7-17-31-23(29)27-15-13-26(14-16-27)22(28)21(19-9-8-10-20(25)18-19)24(30,11-5-2)12-6-3/h8-10,18,21,30H,4-7,11-17H2,1-3H3. The molecule has 0 spiro atoms. The van der Waals surface area contributed by atoms with Gasteiger partial charge in [-0.15, -0.1) is 0 Å². The molecule has 1 N–H and O–H groups in total. The molecule has 2 rings (SSSR count). The van der Waals surface area contributed by atoms with Crippen molar-refractivity contribution >= 4 is 23.6 Å². The van der Waals surface area contributed by atoms with Crippen molar-refractivity contribution in [3.8, 4) is 0 Å². The normalized spacial score (nSPS) is 15.6. The molecule has 0 bridgehead atoms. The number of aliphatic hydroxyl groups is 1. The van der Waals surface area contributed by atoms with Crippen molar-refractivity contribution in [2.45, 2.75) is 70.8 Å². The summed E-state index contributed by atoms with van der Waals surface area (Å²) in [6.07, 6.45) is 4.12. The third-order valence-electron chi connectivity index (χ3n) is 5.91. The molecule has 174 valence electrons. The second-order valence-corrected chi connectivity index (χ2v) is 8.81. The minimum absolute atomic E-state index is 0.106. The van der Waals surface area contributed by atoms with Crippen LogP contribution in [0.25, 0.3) is 0 Å². The summed E-state index contributed by atoms with van der Waals surface area (Å²) in [5.41, 5.74) is -0.398. The van der Waals surface area contributed by atoms with Crippen molar-refractivity contribution in [2.75, 3.05) is 32.8 Å². The van der Waals surface area contributed by atoms with Gasteiger partial charge in [0.2, 0.25) is 5.91 Å². The van der Waals surface area contributed by atoms with Crippen LogP contribution in [0.5, 0.6) is 0 Å². The highest BCUT2D eigenvalue weighted by Crippen LogP contribution is 2.38. The summed E-state index contributed by atoms with van der Waals surface area (Å²) in [4.78, 5) is 29.3. The molecule has 2 amide bonds. The van der Waals surface area contributed by atoms with Crippen molar-refractivity contribution in [1.82, 2.24) is 9.80 Å². The van der Waals surface area contributed by atoms with Crippen LogP contribution in [0, 0.1) is 0 Å². The van der Waals surface area contributed by atoms with Gasteiger partial charge in [0, 0.05) is 31.2 Å². The zero-order valence-corrected chi connectivity index (χ0v) is 19.9. The van der Waals surface area contributed by atoms with Gasteiger partial charge in [0.05, 0.1) is 18.1 Å². The molecular weight excluding hydrogens is 416 g/mol. The molecule has 1 aliphatic rings. The van der Waals surface area contributed by atoms with Crippen LogP contribution in [0.4, 0.5) is 4.79 Å². The lowest BCUT2D eigenvalue weighted by Gasteiger charge is -2.41. The molecule has 0 radical (unpaired) electrons. The maximum absolute atomic E-state index is 13.7. The number of unbranched alkanes of at least 4 members (excludes halogenated alkanes) is 1. The first kappa shape index (κ1) is 25.5. The molecule has 6 nitrogen and oxygen atoms in total. The average molecular weight is 453 g/mol. The third kappa shape index (κ3) is 6.84. The Morgan fingerprint density at radius 2 is 1.68 bits per heavy atom. The zero-order valence-electron chi connectivity index (χ0n) is 19.1. The fraction of sp³-hybridized carbons (Fsp3) is 0.667. The molecule has 1 unspecified atom stereocenters. The number of carbonyl (C=O) groups is 2. The summed E-state index contributed by atoms with van der Waals surface area (Å²) in [6, 6.07) is 7.24. The number of piperazine rings is 1. The average Bonchev–Trinajstić information content (AvgIpc) is 2.74. The summed E-state index contributed by atoms with van der Waals surface area (Å²) < 4.78 is 5.29. The number of hydrogen-bond donors (Lipinski definition) is 1. The maximum Gasteiger partial charge on any atom is 0.409 e. The second kappa shape index (κ2) is 12.3. The topological polar surface area (TPSA) is 70.1 Å². The van der Waals surface area contributed by atoms with Gasteiger partial charge in [0.25, 0.3) is 0 Å². The van der Waals surface area contributed by atoms with Crippen molar-refractivity contribution in [1.29, 1.82) is 0 Å². The van der Waals surface area contributed by atoms with E-state index in [9.17, 15) is 14.7 Å². The highest BCUT2D eigenvalue weighted by molar-refractivity contribution is 6.30. The Morgan fingerprint density at radius 3 is 2.23 bits per heavy atom. The van der Waals surface area contributed by atoms with Crippen molar-refractivity contribution in [3.63, 3.8) is 0 Å². The summed E-state index contributed by atoms with van der Waals surface area (Å²) >= 11 is 6.23. The van der Waals surface area contributed by atoms with Gasteiger partial charge in [-0.1, -0.05) is 63.8 Å². The molecule has 0 saturated carbocycles. The predicted octanol–water partition coefficient (Wildman–Crippen LogP) is 4.84. The molecule has 1 saturated heterocycles. The Bertz CT molecular complexity index is 713. The summed E-state index contributed by atoms with van der Waals surface area (Å²) in [5.74, 6) is -0.792. The van der Waals surface area contributed by atoms with Gasteiger partial charge in [-0.3, -0.25) is 4.79 Å². The first-order valence-electron chi connectivity index (χ1n) is 11.5. The quantitative estimate of drug-likeness (QED) is 0.516. The lowest BCUT2D eigenvalue weighted by Crippen LogP contribution is -2.54. The lowest BCUT2D eigenvalue weighted by molar-refractivity contribution is -0.142. The molecule has 1 fully saturated rings. The molecule has 1 atom stereocenters. The summed E-state index contributed by atoms with van der Waals surface area (Å²) in [7, 11) is 0. The molecule has 31 heavy (non-hydrogen) atoms. The fourth-order valence-corrected chi connectivity index (χ4v) is 4.53. The molecule has 1 aromatic rings. The van der Waals surface area contributed by atoms with Crippen LogP contribution in [0.3, 0.4) is 0 Å². The number of amides is 2. The Labute approximate surface area is 191 Å². The van der Waals surface area contributed by atoms with Gasteiger partial charge in [-0.25, -0.2) is 4.79 Å². The fourth-order valence-electron chi connectivity index (χ4n) is 4.34. The monoisotopic (exact) mass is 452 g/mol. The van der Waals surface area contributed by atoms with E-state index in [1.54, 1.807) is 21.9 Å². The van der Waals surface area contributed by atoms with Crippen molar-refractivity contribution in [2.24, 2.45) is 0 Å². The van der Waals surface area contributed by atoms with E-state index in [1.165, 1.54) is 0 Å². The zero-order chi connectivity index (χ0) is 22.9. The van der Waals surface area contributed by atoms with Gasteiger partial charge < -0.3 is 19.6 Å². The van der Waals surface area contributed by atoms with Crippen LogP contribution in [-0.2, 0) is 9.53 Å². The first-order valence-corrected chi connectivity index (χ1v) is 11.9. The van der Waals surface area contributed by atoms with E-state index in [0.29, 0.717) is 50.7 Å². The number of ether oxygens (including phenoxy) is 1. The maximum atomic E-state index is 13.7. The van der Waals surface area contributed by atoms with Crippen LogP contribution in [-0.4, -0.2) is 65.3 Å². The number of benzene rings is 1. The van der Waals surface area contributed by atoms with Crippen LogP contribution in [0.15, 0.2) is 24.3 Å². The first-order chi connectivity index (χ1) is 14.9. The van der Waals surface area contributed by atoms with E-state index in [0.717, 1.165) is 31.2 Å². The van der Waals surface area contributed by atoms with E-state index in [-0.39, 0.29) is 12.0 Å². The van der Waals surface area contributed by atoms with Crippen molar-refractivity contribution in [3.05, 3.63) is 34.9 Å². The van der Waals surface area contributed by atoms with Crippen LogP contribution in [0.1, 0.15) is 70.8 Å². The smallest absolute Gasteiger partial charge is 0.409 e. The predicted molar refractivity (Wildman–Crippen MR) is 123 cm³/mol. The number of carbonyl (C=O) groups excluding carboxylic acids is 2. The van der Waals surface area contributed by atoms with E-state index in [2.05, 4.69) is 0 Å². The second-order valence-electron chi connectivity index (χ2n) is 8.37. The van der Waals surface area contributed by atoms with Crippen LogP contribution < -0.4 is 0 Å². The van der Waals surface area contributed by atoms with Crippen LogP contribution in [0.2, 0.25) is 5.02 Å². The Balaban J connectivity index is 2.18. The van der Waals surface area contributed by atoms with Gasteiger partial charge in [-0.2, -0.15) is 0 Å².